The minimum atomic E-state index is -1.67. The molecule has 8 heteroatoms. The Labute approximate surface area is 136 Å². The third-order valence-electron chi connectivity index (χ3n) is 3.63. The van der Waals surface area contributed by atoms with Gasteiger partial charge in [-0.3, -0.25) is 9.59 Å². The predicted molar refractivity (Wildman–Crippen MR) is 82.1 cm³/mol. The molecule has 1 aromatic carbocycles. The van der Waals surface area contributed by atoms with Gasteiger partial charge < -0.3 is 14.8 Å². The van der Waals surface area contributed by atoms with Gasteiger partial charge in [0.05, 0.1) is 12.2 Å². The molecule has 0 spiro atoms. The summed E-state index contributed by atoms with van der Waals surface area (Å²) < 4.78 is 41.2. The van der Waals surface area contributed by atoms with E-state index in [4.69, 9.17) is 0 Å². The van der Waals surface area contributed by atoms with E-state index in [2.05, 4.69) is 5.32 Å². The maximum atomic E-state index is 13.5. The number of nitrogens with one attached hydrogen (secondary N) is 1. The Kier molecular flexibility index (Phi) is 4.96. The number of hydrogen-bond acceptors (Lipinski definition) is 2. The summed E-state index contributed by atoms with van der Waals surface area (Å²) in [6.07, 6.45) is 0. The first-order valence-corrected chi connectivity index (χ1v) is 7.03. The lowest BCUT2D eigenvalue weighted by Gasteiger charge is -2.17. The van der Waals surface area contributed by atoms with E-state index in [1.807, 2.05) is 6.92 Å². The molecule has 1 heterocycles. The van der Waals surface area contributed by atoms with Crippen LogP contribution < -0.4 is 5.32 Å². The number of rotatable bonds is 4. The van der Waals surface area contributed by atoms with E-state index in [-0.39, 0.29) is 6.54 Å². The van der Waals surface area contributed by atoms with Gasteiger partial charge in [-0.1, -0.05) is 0 Å². The lowest BCUT2D eigenvalue weighted by Crippen LogP contribution is -2.36. The average Bonchev–Trinajstić information content (AvgIpc) is 2.86. The summed E-state index contributed by atoms with van der Waals surface area (Å²) in [5, 5.41) is 2.11. The van der Waals surface area contributed by atoms with Crippen LogP contribution in [0.3, 0.4) is 0 Å². The van der Waals surface area contributed by atoms with Gasteiger partial charge in [0.25, 0.3) is 5.91 Å². The number of likely N-dealkylation sites (N-methyl/N-ethyl adjacent to an activating group) is 1. The zero-order valence-electron chi connectivity index (χ0n) is 13.4. The second kappa shape index (κ2) is 6.77. The van der Waals surface area contributed by atoms with Crippen molar-refractivity contribution in [2.75, 3.05) is 18.9 Å². The number of carbonyl (C=O) groups is 2. The molecule has 0 atom stereocenters. The van der Waals surface area contributed by atoms with Crippen molar-refractivity contribution in [2.45, 2.75) is 6.92 Å². The van der Waals surface area contributed by atoms with Gasteiger partial charge in [-0.25, -0.2) is 13.2 Å². The maximum Gasteiger partial charge on any atom is 0.270 e. The molecule has 0 fully saturated rings. The second-order valence-corrected chi connectivity index (χ2v) is 5.35. The molecule has 0 aliphatic heterocycles. The van der Waals surface area contributed by atoms with Crippen molar-refractivity contribution < 1.29 is 22.8 Å². The van der Waals surface area contributed by atoms with Crippen molar-refractivity contribution in [1.29, 1.82) is 0 Å². The number of anilines is 1. The largest absolute Gasteiger partial charge is 0.344 e. The van der Waals surface area contributed by atoms with Crippen LogP contribution in [-0.2, 0) is 11.8 Å². The molecule has 2 aromatic rings. The lowest BCUT2D eigenvalue weighted by atomic mass is 10.2. The van der Waals surface area contributed by atoms with Crippen LogP contribution in [0.25, 0.3) is 0 Å². The molecule has 0 aliphatic carbocycles. The Morgan fingerprint density at radius 1 is 1.12 bits per heavy atom. The minimum absolute atomic E-state index is 0.374. The first kappa shape index (κ1) is 17.6. The molecule has 2 rings (SSSR count). The molecule has 5 nitrogen and oxygen atoms in total. The van der Waals surface area contributed by atoms with Crippen molar-refractivity contribution in [3.63, 3.8) is 0 Å². The first-order valence-electron chi connectivity index (χ1n) is 7.03. The molecule has 0 unspecified atom stereocenters. The van der Waals surface area contributed by atoms with Gasteiger partial charge in [-0.15, -0.1) is 0 Å². The normalized spacial score (nSPS) is 10.6. The van der Waals surface area contributed by atoms with E-state index in [9.17, 15) is 22.8 Å². The first-order chi connectivity index (χ1) is 11.2. The lowest BCUT2D eigenvalue weighted by molar-refractivity contribution is -0.116. The van der Waals surface area contributed by atoms with Gasteiger partial charge in [0, 0.05) is 19.8 Å². The molecule has 0 aliphatic rings. The highest BCUT2D eigenvalue weighted by Gasteiger charge is 2.20. The fraction of sp³-hybridized carbons (Fsp3) is 0.250. The summed E-state index contributed by atoms with van der Waals surface area (Å²) in [7, 11) is 3.12. The molecular weight excluding hydrogens is 323 g/mol. The van der Waals surface area contributed by atoms with Crippen molar-refractivity contribution in [1.82, 2.24) is 9.47 Å². The van der Waals surface area contributed by atoms with Crippen molar-refractivity contribution in [2.24, 2.45) is 7.05 Å². The van der Waals surface area contributed by atoms with Crippen LogP contribution in [0.1, 0.15) is 16.2 Å². The monoisotopic (exact) mass is 339 g/mol. The molecule has 0 saturated heterocycles. The number of hydrogen-bond donors (Lipinski definition) is 1. The fourth-order valence-electron chi connectivity index (χ4n) is 2.12. The van der Waals surface area contributed by atoms with E-state index in [1.54, 1.807) is 23.7 Å². The Bertz CT molecular complexity index is 802. The zero-order chi connectivity index (χ0) is 18.0. The highest BCUT2D eigenvalue weighted by Crippen LogP contribution is 2.19. The third-order valence-corrected chi connectivity index (χ3v) is 3.63. The minimum Gasteiger partial charge on any atom is -0.344 e. The van der Waals surface area contributed by atoms with Gasteiger partial charge in [0.2, 0.25) is 5.91 Å². The topological polar surface area (TPSA) is 54.3 Å². The second-order valence-electron chi connectivity index (χ2n) is 5.35. The van der Waals surface area contributed by atoms with E-state index < -0.39 is 35.0 Å². The molecule has 0 saturated carbocycles. The third kappa shape index (κ3) is 3.42. The summed E-state index contributed by atoms with van der Waals surface area (Å²) in [5.41, 5.74) is 0.774. The van der Waals surface area contributed by atoms with E-state index in [1.165, 1.54) is 7.05 Å². The van der Waals surface area contributed by atoms with Crippen LogP contribution in [0.5, 0.6) is 0 Å². The summed E-state index contributed by atoms with van der Waals surface area (Å²) >= 11 is 0. The number of amides is 2. The van der Waals surface area contributed by atoms with Gasteiger partial charge in [-0.05, 0) is 31.2 Å². The van der Waals surface area contributed by atoms with Crippen molar-refractivity contribution >= 4 is 17.5 Å². The molecule has 128 valence electrons. The number of carbonyl (C=O) groups excluding carboxylic acids is 2. The van der Waals surface area contributed by atoms with E-state index >= 15 is 0 Å². The molecule has 0 bridgehead atoms. The summed E-state index contributed by atoms with van der Waals surface area (Å²) in [4.78, 5) is 25.3. The highest BCUT2D eigenvalue weighted by molar-refractivity contribution is 5.98. The zero-order valence-corrected chi connectivity index (χ0v) is 13.4. The van der Waals surface area contributed by atoms with Gasteiger partial charge in [0.15, 0.2) is 17.5 Å². The molecule has 24 heavy (non-hydrogen) atoms. The van der Waals surface area contributed by atoms with Crippen LogP contribution >= 0.6 is 0 Å². The highest BCUT2D eigenvalue weighted by atomic mass is 19.2. The Hall–Kier alpha value is -2.77. The molecule has 1 N–H and O–H groups in total. The van der Waals surface area contributed by atoms with E-state index in [0.29, 0.717) is 11.8 Å². The van der Waals surface area contributed by atoms with Crippen LogP contribution in [0.15, 0.2) is 24.3 Å². The standard InChI is InChI=1S/C16H16F3N3O2/c1-9-4-7-12(22(9)3)16(24)21(2)8-13(23)20-11-6-5-10(17)14(18)15(11)19/h4-7H,8H2,1-3H3,(H,20,23). The smallest absolute Gasteiger partial charge is 0.270 e. The van der Waals surface area contributed by atoms with Gasteiger partial charge in [-0.2, -0.15) is 0 Å². The van der Waals surface area contributed by atoms with Crippen LogP contribution in [0, 0.1) is 24.4 Å². The summed E-state index contributed by atoms with van der Waals surface area (Å²) in [6, 6.07) is 5.00. The number of aryl methyl sites for hydroxylation is 1. The van der Waals surface area contributed by atoms with Crippen molar-refractivity contribution in [3.05, 3.63) is 53.1 Å². The van der Waals surface area contributed by atoms with Crippen LogP contribution in [0.2, 0.25) is 0 Å². The molecule has 0 radical (unpaired) electrons. The number of aromatic nitrogens is 1. The quantitative estimate of drug-likeness (QED) is 0.870. The van der Waals surface area contributed by atoms with Crippen LogP contribution in [0.4, 0.5) is 18.9 Å². The average molecular weight is 339 g/mol. The van der Waals surface area contributed by atoms with Crippen molar-refractivity contribution in [3.8, 4) is 0 Å². The molecule has 2 amide bonds. The predicted octanol–water partition coefficient (Wildman–Crippen LogP) is 2.46. The van der Waals surface area contributed by atoms with Gasteiger partial charge >= 0.3 is 0 Å². The Morgan fingerprint density at radius 2 is 1.79 bits per heavy atom. The Balaban J connectivity index is 2.06. The SMILES string of the molecule is Cc1ccc(C(=O)N(C)CC(=O)Nc2ccc(F)c(F)c2F)n1C. The van der Waals surface area contributed by atoms with Crippen LogP contribution in [-0.4, -0.2) is 34.9 Å². The number of benzene rings is 1. The molecular formula is C16H16F3N3O2. The maximum absolute atomic E-state index is 13.5. The van der Waals surface area contributed by atoms with E-state index in [0.717, 1.165) is 16.7 Å². The molecule has 1 aromatic heterocycles. The summed E-state index contributed by atoms with van der Waals surface area (Å²) in [5.74, 6) is -5.64. The number of nitrogens with zero attached hydrogens (tertiary/aromatic N) is 2. The van der Waals surface area contributed by atoms with Gasteiger partial charge in [0.1, 0.15) is 5.69 Å². The number of halogens is 3. The summed E-state index contributed by atoms with van der Waals surface area (Å²) in [6.45, 7) is 1.46. The Morgan fingerprint density at radius 3 is 2.38 bits per heavy atom. The fourth-order valence-corrected chi connectivity index (χ4v) is 2.12.